The molecule has 2 fully saturated rings. The van der Waals surface area contributed by atoms with Crippen LogP contribution in [0.1, 0.15) is 49.1 Å². The van der Waals surface area contributed by atoms with Crippen LogP contribution in [0.2, 0.25) is 0 Å². The number of nitrogens with one attached hydrogen (secondary N) is 2. The molecule has 2 aliphatic rings. The third-order valence-corrected chi connectivity index (χ3v) is 12.0. The number of nitrogens with zero attached hydrogens (tertiary/aromatic N) is 8. The van der Waals surface area contributed by atoms with Crippen molar-refractivity contribution in [3.05, 3.63) is 72.8 Å². The molecule has 52 heavy (non-hydrogen) atoms. The van der Waals surface area contributed by atoms with Crippen LogP contribution in [0, 0.1) is 0 Å². The number of amidine groups is 2. The van der Waals surface area contributed by atoms with Crippen LogP contribution < -0.4 is 11.5 Å². The van der Waals surface area contributed by atoms with Crippen molar-refractivity contribution >= 4 is 59.8 Å². The Morgan fingerprint density at radius 3 is 1.71 bits per heavy atom. The van der Waals surface area contributed by atoms with Gasteiger partial charge in [-0.3, -0.25) is 0 Å². The number of hydrogen-bond acceptors (Lipinski definition) is 13. The minimum Gasteiger partial charge on any atom is -0.409 e. The first-order chi connectivity index (χ1) is 25.0. The topological polar surface area (TPSA) is 281 Å². The molecule has 0 spiro atoms. The Kier molecular flexibility index (Phi) is 10.7. The number of hydrogen-bond donors (Lipinski definition) is 5. The van der Waals surface area contributed by atoms with Gasteiger partial charge in [0.1, 0.15) is 0 Å². The van der Waals surface area contributed by atoms with Crippen molar-refractivity contribution in [2.45, 2.75) is 60.9 Å². The molecule has 7 rings (SSSR count). The van der Waals surface area contributed by atoms with Gasteiger partial charge in [-0.15, -0.1) is 0 Å². The summed E-state index contributed by atoms with van der Waals surface area (Å²) in [5.41, 5.74) is 14.1. The summed E-state index contributed by atoms with van der Waals surface area (Å²) < 4.78 is 54.6. The molecule has 7 N–H and O–H groups in total. The molecular formula is C31H36N12O7S2. The highest BCUT2D eigenvalue weighted by molar-refractivity contribution is 7.89. The summed E-state index contributed by atoms with van der Waals surface area (Å²) in [6.45, 7) is 0.566. The number of nitrogens with two attached hydrogens (primary N) is 2. The lowest BCUT2D eigenvalue weighted by molar-refractivity contribution is 0.0497. The standard InChI is InChI=1S/C18H19N7O4S.C13H17N5O3S/c19-15(24-29-17(26)16-20-9-5-10-21-16)14-8-3-4-11-25(14)30(27,28)18-22-12-6-1-2-7-13(12)23-18;14-12(17-19)11-7-3-4-8-18(11)22(20,21)13-15-9-5-1-2-6-10(9)16-13/h1-2,5-7,9-10,14H,3-4,8,11H2,(H2,19,24)(H,22,23);1-2,5-6,11,19H,3-4,7-8H2,(H2,14,17)(H,15,16)/t;11-/m.0/s1. The lowest BCUT2D eigenvalue weighted by atomic mass is 10.0. The molecule has 5 aromatic rings. The van der Waals surface area contributed by atoms with Crippen molar-refractivity contribution in [3.63, 3.8) is 0 Å². The second-order valence-electron chi connectivity index (χ2n) is 11.9. The highest BCUT2D eigenvalue weighted by atomic mass is 32.2. The monoisotopic (exact) mass is 752 g/mol. The lowest BCUT2D eigenvalue weighted by Gasteiger charge is -2.32. The molecule has 0 radical (unpaired) electrons. The van der Waals surface area contributed by atoms with Crippen molar-refractivity contribution in [2.75, 3.05) is 13.1 Å². The number of para-hydroxylation sites is 4. The van der Waals surface area contributed by atoms with Gasteiger partial charge in [0.25, 0.3) is 20.0 Å². The van der Waals surface area contributed by atoms with Gasteiger partial charge in [-0.05, 0) is 56.0 Å². The molecule has 274 valence electrons. The van der Waals surface area contributed by atoms with E-state index in [9.17, 15) is 21.6 Å². The zero-order valence-corrected chi connectivity index (χ0v) is 29.2. The highest BCUT2D eigenvalue weighted by Crippen LogP contribution is 2.27. The van der Waals surface area contributed by atoms with Crippen LogP contribution in [0.5, 0.6) is 0 Å². The van der Waals surface area contributed by atoms with Crippen LogP contribution in [-0.4, -0.2) is 103 Å². The number of benzene rings is 2. The molecule has 3 aromatic heterocycles. The number of sulfonamides is 2. The first-order valence-corrected chi connectivity index (χ1v) is 19.1. The number of oxime groups is 2. The van der Waals surface area contributed by atoms with Crippen LogP contribution in [0.3, 0.4) is 0 Å². The third-order valence-electron chi connectivity index (χ3n) is 8.53. The fraction of sp³-hybridized carbons (Fsp3) is 0.323. The lowest BCUT2D eigenvalue weighted by Crippen LogP contribution is -2.50. The first-order valence-electron chi connectivity index (χ1n) is 16.2. The summed E-state index contributed by atoms with van der Waals surface area (Å²) in [6.07, 6.45) is 6.72. The number of imidazole rings is 2. The molecular weight excluding hydrogens is 717 g/mol. The zero-order chi connectivity index (χ0) is 36.9. The predicted molar refractivity (Wildman–Crippen MR) is 188 cm³/mol. The van der Waals surface area contributed by atoms with Gasteiger partial charge in [0.2, 0.25) is 16.1 Å². The summed E-state index contributed by atoms with van der Waals surface area (Å²) in [4.78, 5) is 38.3. The van der Waals surface area contributed by atoms with E-state index in [1.54, 1.807) is 54.6 Å². The largest absolute Gasteiger partial charge is 0.409 e. The molecule has 1 unspecified atom stereocenters. The molecule has 0 bridgehead atoms. The van der Waals surface area contributed by atoms with E-state index in [0.29, 0.717) is 47.9 Å². The summed E-state index contributed by atoms with van der Waals surface area (Å²) >= 11 is 0. The van der Waals surface area contributed by atoms with Crippen molar-refractivity contribution in [3.8, 4) is 0 Å². The van der Waals surface area contributed by atoms with E-state index in [4.69, 9.17) is 21.5 Å². The first kappa shape index (κ1) is 36.3. The summed E-state index contributed by atoms with van der Waals surface area (Å²) in [5, 5.41) is 15.2. The maximum absolute atomic E-state index is 13.2. The number of H-pyrrole nitrogens is 2. The Balaban J connectivity index is 0.000000187. The van der Waals surface area contributed by atoms with E-state index in [0.717, 1.165) is 19.3 Å². The van der Waals surface area contributed by atoms with Crippen molar-refractivity contribution in [2.24, 2.45) is 21.8 Å². The molecule has 2 atom stereocenters. The normalized spacial score (nSPS) is 19.6. The van der Waals surface area contributed by atoms with E-state index in [2.05, 4.69) is 40.2 Å². The van der Waals surface area contributed by atoms with Gasteiger partial charge in [-0.25, -0.2) is 41.6 Å². The zero-order valence-electron chi connectivity index (χ0n) is 27.6. The summed E-state index contributed by atoms with van der Waals surface area (Å²) in [7, 11) is -7.80. The smallest absolute Gasteiger partial charge is 0.402 e. The number of carbonyl (C=O) groups excluding carboxylic acids is 1. The van der Waals surface area contributed by atoms with Crippen LogP contribution in [0.25, 0.3) is 22.1 Å². The average molecular weight is 753 g/mol. The molecule has 0 saturated carbocycles. The number of piperidine rings is 2. The van der Waals surface area contributed by atoms with E-state index in [1.807, 2.05) is 0 Å². The number of rotatable bonds is 8. The van der Waals surface area contributed by atoms with Crippen LogP contribution >= 0.6 is 0 Å². The Morgan fingerprint density at radius 2 is 1.23 bits per heavy atom. The molecule has 2 aromatic carbocycles. The Hall–Kier alpha value is -5.51. The SMILES string of the molecule is N/C(=N\O)[C@@H]1CCCCN1S(=O)(=O)c1nc2ccccc2[nH]1.N/C(=N\OC(=O)c1ncccn1)C1CCCCN1S(=O)(=O)c1nc2ccccc2[nH]1. The summed E-state index contributed by atoms with van der Waals surface area (Å²) in [6, 6.07) is 14.3. The number of carbonyl (C=O) groups is 1. The van der Waals surface area contributed by atoms with Gasteiger partial charge in [0, 0.05) is 25.5 Å². The van der Waals surface area contributed by atoms with Gasteiger partial charge in [-0.1, -0.05) is 47.4 Å². The highest BCUT2D eigenvalue weighted by Gasteiger charge is 2.39. The van der Waals surface area contributed by atoms with E-state index in [1.165, 1.54) is 21.0 Å². The molecule has 0 aliphatic carbocycles. The maximum Gasteiger partial charge on any atom is 0.402 e. The van der Waals surface area contributed by atoms with Crippen molar-refractivity contribution < 1.29 is 31.7 Å². The van der Waals surface area contributed by atoms with E-state index in [-0.39, 0.29) is 34.4 Å². The Labute approximate surface area is 297 Å². The molecule has 2 saturated heterocycles. The van der Waals surface area contributed by atoms with Gasteiger partial charge in [-0.2, -0.15) is 8.61 Å². The third kappa shape index (κ3) is 7.56. The second kappa shape index (κ2) is 15.4. The fourth-order valence-corrected chi connectivity index (χ4v) is 9.15. The van der Waals surface area contributed by atoms with Crippen molar-refractivity contribution in [1.29, 1.82) is 0 Å². The molecule has 2 aliphatic heterocycles. The fourth-order valence-electron chi connectivity index (χ4n) is 5.97. The van der Waals surface area contributed by atoms with Gasteiger partial charge in [0.15, 0.2) is 11.7 Å². The Morgan fingerprint density at radius 1 is 0.750 bits per heavy atom. The Bertz CT molecular complexity index is 2260. The second-order valence-corrected chi connectivity index (χ2v) is 15.5. The van der Waals surface area contributed by atoms with Gasteiger partial charge >= 0.3 is 5.97 Å². The molecule has 5 heterocycles. The number of aromatic amines is 2. The molecule has 0 amide bonds. The number of fused-ring (bicyclic) bond motifs is 2. The minimum absolute atomic E-state index is 0.0978. The van der Waals surface area contributed by atoms with Crippen molar-refractivity contribution in [1.82, 2.24) is 38.5 Å². The maximum atomic E-state index is 13.2. The molecule has 19 nitrogen and oxygen atoms in total. The van der Waals surface area contributed by atoms with Gasteiger partial charge < -0.3 is 31.5 Å². The quantitative estimate of drug-likeness (QED) is 0.0498. The summed E-state index contributed by atoms with van der Waals surface area (Å²) in [5.74, 6) is -1.29. The van der Waals surface area contributed by atoms with E-state index < -0.39 is 38.1 Å². The van der Waals surface area contributed by atoms with Crippen LogP contribution in [0.15, 0.2) is 87.6 Å². The predicted octanol–water partition coefficient (Wildman–Crippen LogP) is 1.88. The molecule has 21 heteroatoms. The van der Waals surface area contributed by atoms with Crippen LogP contribution in [-0.2, 0) is 24.9 Å². The minimum atomic E-state index is -3.97. The van der Waals surface area contributed by atoms with Crippen LogP contribution in [0.4, 0.5) is 0 Å². The average Bonchev–Trinajstić information content (AvgIpc) is 3.83. The van der Waals surface area contributed by atoms with Gasteiger partial charge in [0.05, 0.1) is 34.2 Å². The van der Waals surface area contributed by atoms with E-state index >= 15 is 0 Å². The number of aromatic nitrogens is 6.